The summed E-state index contributed by atoms with van der Waals surface area (Å²) in [6.07, 6.45) is 11.2. The Hall–Kier alpha value is -7.22. The topological polar surface area (TPSA) is 155 Å². The highest BCUT2D eigenvalue weighted by Gasteiger charge is 2.38. The number of tetrazole rings is 2. The minimum Gasteiger partial charge on any atom is -0.281 e. The van der Waals surface area contributed by atoms with E-state index in [1.807, 2.05) is 72.8 Å². The summed E-state index contributed by atoms with van der Waals surface area (Å²) in [4.78, 5) is 0. The van der Waals surface area contributed by atoms with Gasteiger partial charge in [0.15, 0.2) is 5.82 Å². The fraction of sp³-hybridized carbons (Fsp3) is 0.100. The minimum atomic E-state index is -0.414. The Labute approximate surface area is 306 Å². The number of hydrogen-bond acceptors (Lipinski definition) is 8. The van der Waals surface area contributed by atoms with E-state index in [1.54, 1.807) is 0 Å². The van der Waals surface area contributed by atoms with Crippen LogP contribution in [-0.4, -0.2) is 61.2 Å². The van der Waals surface area contributed by atoms with Crippen LogP contribution < -0.4 is 0 Å². The normalized spacial score (nSPS) is 18.4. The Kier molecular flexibility index (Phi) is 8.11. The van der Waals surface area contributed by atoms with E-state index >= 15 is 0 Å². The largest absolute Gasteiger partial charge is 0.281 e. The van der Waals surface area contributed by atoms with Crippen LogP contribution in [0.25, 0.3) is 29.5 Å². The predicted octanol–water partition coefficient (Wildman–Crippen LogP) is 6.36. The molecule has 0 aliphatic heterocycles. The summed E-state index contributed by atoms with van der Waals surface area (Å²) in [5.74, 6) is 0.617. The summed E-state index contributed by atoms with van der Waals surface area (Å²) in [7, 11) is 0. The number of fused-ring (bicyclic) bond motifs is 2. The number of benzene rings is 4. The number of aromatic nitrogens is 12. The molecule has 0 saturated heterocycles. The van der Waals surface area contributed by atoms with Gasteiger partial charge in [-0.1, -0.05) is 109 Å². The molecule has 2 unspecified atom stereocenters. The Morgan fingerprint density at radius 3 is 1.67 bits per heavy atom. The molecular weight excluding hydrogens is 687 g/mol. The van der Waals surface area contributed by atoms with Gasteiger partial charge in [0.05, 0.1) is 0 Å². The van der Waals surface area contributed by atoms with Gasteiger partial charge in [-0.3, -0.25) is 10.2 Å². The average molecular weight is 717 g/mol. The maximum absolute atomic E-state index is 13.5. The Morgan fingerprint density at radius 1 is 0.593 bits per heavy atom. The molecule has 4 heterocycles. The number of rotatable bonds is 6. The van der Waals surface area contributed by atoms with Crippen LogP contribution in [0.2, 0.25) is 0 Å². The lowest BCUT2D eigenvalue weighted by Gasteiger charge is -2.34. The molecule has 0 fully saturated rings. The fourth-order valence-corrected chi connectivity index (χ4v) is 7.47. The summed E-state index contributed by atoms with van der Waals surface area (Å²) < 4.78 is 28.6. The molecule has 0 saturated carbocycles. The van der Waals surface area contributed by atoms with Gasteiger partial charge >= 0.3 is 0 Å². The van der Waals surface area contributed by atoms with Crippen molar-refractivity contribution in [2.45, 2.75) is 23.7 Å². The molecule has 2 aliphatic carbocycles. The van der Waals surface area contributed by atoms with E-state index in [4.69, 9.17) is 0 Å². The van der Waals surface area contributed by atoms with E-state index < -0.39 is 10.8 Å². The highest BCUT2D eigenvalue weighted by molar-refractivity contribution is 5.73. The zero-order valence-electron chi connectivity index (χ0n) is 28.5. The first-order valence-corrected chi connectivity index (χ1v) is 17.2. The van der Waals surface area contributed by atoms with Crippen molar-refractivity contribution in [3.63, 3.8) is 0 Å². The van der Waals surface area contributed by atoms with Gasteiger partial charge in [-0.05, 0) is 62.2 Å². The quantitative estimate of drug-likeness (QED) is 0.180. The fourth-order valence-electron chi connectivity index (χ4n) is 7.47. The summed E-state index contributed by atoms with van der Waals surface area (Å²) in [5, 5.41) is 40.4. The van der Waals surface area contributed by atoms with Crippen LogP contribution in [0, 0.1) is 11.6 Å². The lowest BCUT2D eigenvalue weighted by atomic mass is 9.68. The number of nitrogens with one attached hydrogen (secondary N) is 3. The van der Waals surface area contributed by atoms with Crippen molar-refractivity contribution < 1.29 is 8.78 Å². The standard InChI is InChI=1S/2C20H15FN6/c21-16-8-6-15(7-9-16)20(14-4-2-1-3-5-14)11-10-17-18(12-20)23-24-19(17)27-13-22-25-26-27;21-15-8-6-14(7-9-15)20(13-4-2-1-3-5-13)11-10-16-17(12-20)22-23-18(16)19-24-26-27-25-19/h1-11,13H,12H2,(H,23,24);1-11H,12H2,(H,22,23)(H,24,25,26,27). The van der Waals surface area contributed by atoms with E-state index in [0.29, 0.717) is 30.2 Å². The molecule has 8 aromatic rings. The van der Waals surface area contributed by atoms with Crippen molar-refractivity contribution in [3.8, 4) is 17.3 Å². The van der Waals surface area contributed by atoms with Gasteiger partial charge < -0.3 is 0 Å². The Morgan fingerprint density at radius 2 is 1.13 bits per heavy atom. The van der Waals surface area contributed by atoms with Crippen LogP contribution in [0.5, 0.6) is 0 Å². The van der Waals surface area contributed by atoms with Gasteiger partial charge in [0.1, 0.15) is 23.7 Å². The molecular formula is C40H30F2N12. The maximum Gasteiger partial charge on any atom is 0.225 e. The molecule has 2 aliphatic rings. The SMILES string of the molecule is Fc1ccc(C2(c3ccccc3)C=Cc3c(-c4nn[nH]n4)n[nH]c3C2)cc1.Fc1ccc(C2(c3ccccc3)C=Cc3c(-n4cnnn4)n[nH]c3C2)cc1. The first-order chi connectivity index (χ1) is 26.5. The van der Waals surface area contributed by atoms with Gasteiger partial charge in [-0.2, -0.15) is 20.1 Å². The molecule has 3 N–H and O–H groups in total. The van der Waals surface area contributed by atoms with Crippen molar-refractivity contribution in [3.05, 3.63) is 184 Å². The lowest BCUT2D eigenvalue weighted by Crippen LogP contribution is -2.30. The van der Waals surface area contributed by atoms with Crippen molar-refractivity contribution in [1.29, 1.82) is 0 Å². The van der Waals surface area contributed by atoms with Crippen LogP contribution in [0.3, 0.4) is 0 Å². The highest BCUT2D eigenvalue weighted by Crippen LogP contribution is 2.44. The first-order valence-electron chi connectivity index (χ1n) is 17.2. The van der Waals surface area contributed by atoms with Crippen molar-refractivity contribution in [1.82, 2.24) is 61.2 Å². The predicted molar refractivity (Wildman–Crippen MR) is 196 cm³/mol. The molecule has 4 aromatic heterocycles. The first kappa shape index (κ1) is 32.7. The van der Waals surface area contributed by atoms with E-state index in [0.717, 1.165) is 44.8 Å². The molecule has 4 aromatic carbocycles. The third-order valence-electron chi connectivity index (χ3n) is 10.1. The summed E-state index contributed by atoms with van der Waals surface area (Å²) in [6.45, 7) is 0. The molecule has 0 amide bonds. The molecule has 10 rings (SSSR count). The van der Waals surface area contributed by atoms with Crippen molar-refractivity contribution in [2.75, 3.05) is 0 Å². The molecule has 14 heteroatoms. The summed E-state index contributed by atoms with van der Waals surface area (Å²) >= 11 is 0. The number of aromatic amines is 3. The van der Waals surface area contributed by atoms with E-state index in [9.17, 15) is 8.78 Å². The van der Waals surface area contributed by atoms with Gasteiger partial charge in [-0.15, -0.1) is 15.3 Å². The molecule has 0 spiro atoms. The zero-order valence-corrected chi connectivity index (χ0v) is 28.5. The Bertz CT molecular complexity index is 2380. The van der Waals surface area contributed by atoms with Crippen LogP contribution in [-0.2, 0) is 23.7 Å². The summed E-state index contributed by atoms with van der Waals surface area (Å²) in [5.41, 5.74) is 8.02. The molecule has 0 radical (unpaired) electrons. The zero-order chi connectivity index (χ0) is 36.5. The number of nitrogens with zero attached hydrogens (tertiary/aromatic N) is 9. The monoisotopic (exact) mass is 716 g/mol. The molecule has 54 heavy (non-hydrogen) atoms. The maximum atomic E-state index is 13.5. The molecule has 264 valence electrons. The second kappa shape index (κ2) is 13.4. The molecule has 2 atom stereocenters. The van der Waals surface area contributed by atoms with Crippen molar-refractivity contribution in [2.24, 2.45) is 0 Å². The van der Waals surface area contributed by atoms with Crippen LogP contribution in [0.4, 0.5) is 8.78 Å². The molecule has 12 nitrogen and oxygen atoms in total. The van der Waals surface area contributed by atoms with Gasteiger partial charge in [0.25, 0.3) is 0 Å². The van der Waals surface area contributed by atoms with E-state index in [-0.39, 0.29) is 11.6 Å². The van der Waals surface area contributed by atoms with E-state index in [2.05, 4.69) is 93.0 Å². The van der Waals surface area contributed by atoms with E-state index in [1.165, 1.54) is 35.3 Å². The third-order valence-corrected chi connectivity index (χ3v) is 10.1. The highest BCUT2D eigenvalue weighted by atomic mass is 19.1. The number of halogens is 2. The van der Waals surface area contributed by atoms with Gasteiger partial charge in [0, 0.05) is 46.2 Å². The van der Waals surface area contributed by atoms with Gasteiger partial charge in [0.2, 0.25) is 5.82 Å². The smallest absolute Gasteiger partial charge is 0.225 e. The number of hydrogen-bond donors (Lipinski definition) is 3. The second-order valence-corrected chi connectivity index (χ2v) is 13.1. The van der Waals surface area contributed by atoms with Crippen LogP contribution >= 0.6 is 0 Å². The van der Waals surface area contributed by atoms with Crippen LogP contribution in [0.15, 0.2) is 128 Å². The van der Waals surface area contributed by atoms with Crippen LogP contribution in [0.1, 0.15) is 44.8 Å². The average Bonchev–Trinajstić information content (AvgIpc) is 4.07. The Balaban J connectivity index is 0.000000142. The van der Waals surface area contributed by atoms with Gasteiger partial charge in [-0.25, -0.2) is 8.78 Å². The third kappa shape index (κ3) is 5.69. The van der Waals surface area contributed by atoms with Crippen molar-refractivity contribution >= 4 is 12.2 Å². The number of H-pyrrole nitrogens is 3. The number of allylic oxidation sites excluding steroid dienone is 2. The second-order valence-electron chi connectivity index (χ2n) is 13.1. The molecule has 0 bridgehead atoms. The minimum absolute atomic E-state index is 0.245. The summed E-state index contributed by atoms with van der Waals surface area (Å²) in [6, 6.07) is 33.8. The lowest BCUT2D eigenvalue weighted by molar-refractivity contribution is 0.605.